The quantitative estimate of drug-likeness (QED) is 0.889. The van der Waals surface area contributed by atoms with Gasteiger partial charge in [0.25, 0.3) is 0 Å². The van der Waals surface area contributed by atoms with Crippen molar-refractivity contribution >= 4 is 46.4 Å². The summed E-state index contributed by atoms with van der Waals surface area (Å²) in [6.07, 6.45) is 0. The topological polar surface area (TPSA) is 37.8 Å². The lowest BCUT2D eigenvalue weighted by Crippen LogP contribution is -1.94. The fourth-order valence-corrected chi connectivity index (χ4v) is 1.94. The Morgan fingerprint density at radius 1 is 1.27 bits per heavy atom. The Bertz CT molecular complexity index is 484. The molecular formula is C9H7Cl2N3S. The molecule has 0 radical (unpaired) electrons. The minimum Gasteiger partial charge on any atom is -0.336 e. The van der Waals surface area contributed by atoms with Crippen LogP contribution in [0.25, 0.3) is 0 Å². The first kappa shape index (κ1) is 10.7. The number of benzene rings is 1. The van der Waals surface area contributed by atoms with E-state index in [-0.39, 0.29) is 0 Å². The number of rotatable bonds is 2. The number of nitrogens with zero attached hydrogens (tertiary/aromatic N) is 2. The van der Waals surface area contributed by atoms with Crippen LogP contribution in [0, 0.1) is 6.92 Å². The Hall–Kier alpha value is -0.840. The smallest absolute Gasteiger partial charge is 0.187 e. The fourth-order valence-electron chi connectivity index (χ4n) is 1.12. The molecular weight excluding hydrogens is 253 g/mol. The lowest BCUT2D eigenvalue weighted by molar-refractivity contribution is 1.39. The molecule has 0 unspecified atom stereocenters. The Balaban J connectivity index is 2.33. The van der Waals surface area contributed by atoms with Gasteiger partial charge in [0.1, 0.15) is 0 Å². The Morgan fingerprint density at radius 2 is 2.07 bits per heavy atom. The molecule has 15 heavy (non-hydrogen) atoms. The molecule has 6 heteroatoms. The predicted molar refractivity (Wildman–Crippen MR) is 64.4 cm³/mol. The van der Waals surface area contributed by atoms with Crippen molar-refractivity contribution < 1.29 is 0 Å². The monoisotopic (exact) mass is 259 g/mol. The maximum atomic E-state index is 5.99. The lowest BCUT2D eigenvalue weighted by atomic mass is 10.2. The highest BCUT2D eigenvalue weighted by Crippen LogP contribution is 2.28. The van der Waals surface area contributed by atoms with Crippen LogP contribution in [0.5, 0.6) is 0 Å². The van der Waals surface area contributed by atoms with Crippen LogP contribution in [0.4, 0.5) is 11.5 Å². The molecule has 0 aliphatic carbocycles. The van der Waals surface area contributed by atoms with Gasteiger partial charge < -0.3 is 5.32 Å². The molecule has 1 N–H and O–H groups in total. The second-order valence-electron chi connectivity index (χ2n) is 2.94. The van der Waals surface area contributed by atoms with E-state index in [1.807, 2.05) is 25.1 Å². The fraction of sp³-hybridized carbons (Fsp3) is 0.111. The van der Waals surface area contributed by atoms with E-state index in [2.05, 4.69) is 14.1 Å². The van der Waals surface area contributed by atoms with Crippen molar-refractivity contribution in [3.63, 3.8) is 0 Å². The molecule has 0 saturated heterocycles. The molecule has 0 aliphatic heterocycles. The summed E-state index contributed by atoms with van der Waals surface area (Å²) in [5.74, 6) is 0.562. The summed E-state index contributed by atoms with van der Waals surface area (Å²) < 4.78 is 7.89. The van der Waals surface area contributed by atoms with E-state index in [0.29, 0.717) is 16.0 Å². The molecule has 2 rings (SSSR count). The largest absolute Gasteiger partial charge is 0.336 e. The van der Waals surface area contributed by atoms with Gasteiger partial charge in [-0.1, -0.05) is 29.3 Å². The zero-order valence-corrected chi connectivity index (χ0v) is 10.1. The number of hydrogen-bond acceptors (Lipinski definition) is 4. The Kier molecular flexibility index (Phi) is 3.09. The minimum atomic E-state index is 0.374. The third-order valence-electron chi connectivity index (χ3n) is 1.97. The standard InChI is InChI=1S/C9H7Cl2N3S/c1-5-6(10)3-2-4-7(5)12-9-8(11)13-15-14-9/h2-4H,1H3,(H,12,14). The van der Waals surface area contributed by atoms with Gasteiger partial charge in [0.05, 0.1) is 11.7 Å². The number of nitrogens with one attached hydrogen (secondary N) is 1. The predicted octanol–water partition coefficient (Wildman–Crippen LogP) is 3.90. The first-order valence-electron chi connectivity index (χ1n) is 4.18. The molecule has 0 bridgehead atoms. The number of halogens is 2. The summed E-state index contributed by atoms with van der Waals surface area (Å²) in [6, 6.07) is 5.62. The number of hydrogen-bond donors (Lipinski definition) is 1. The zero-order chi connectivity index (χ0) is 10.8. The van der Waals surface area contributed by atoms with Crippen LogP contribution >= 0.6 is 34.9 Å². The van der Waals surface area contributed by atoms with Crippen molar-refractivity contribution in [2.45, 2.75) is 6.92 Å². The summed E-state index contributed by atoms with van der Waals surface area (Å²) >= 11 is 12.9. The highest BCUT2D eigenvalue weighted by atomic mass is 35.5. The highest BCUT2D eigenvalue weighted by Gasteiger charge is 2.07. The molecule has 1 aromatic heterocycles. The highest BCUT2D eigenvalue weighted by molar-refractivity contribution is 6.99. The van der Waals surface area contributed by atoms with E-state index in [1.165, 1.54) is 0 Å². The van der Waals surface area contributed by atoms with Crippen LogP contribution in [0.15, 0.2) is 18.2 Å². The van der Waals surface area contributed by atoms with Gasteiger partial charge in [0.15, 0.2) is 11.0 Å². The Labute approximate surface area is 101 Å². The van der Waals surface area contributed by atoms with Crippen molar-refractivity contribution in [1.29, 1.82) is 0 Å². The summed E-state index contributed by atoms with van der Waals surface area (Å²) in [7, 11) is 0. The average molecular weight is 260 g/mol. The molecule has 0 aliphatic rings. The van der Waals surface area contributed by atoms with E-state index < -0.39 is 0 Å². The summed E-state index contributed by atoms with van der Waals surface area (Å²) in [6.45, 7) is 1.93. The number of aromatic nitrogens is 2. The van der Waals surface area contributed by atoms with Crippen molar-refractivity contribution in [3.8, 4) is 0 Å². The van der Waals surface area contributed by atoms with Crippen molar-refractivity contribution in [3.05, 3.63) is 33.9 Å². The van der Waals surface area contributed by atoms with Crippen LogP contribution in [-0.4, -0.2) is 8.75 Å². The third-order valence-corrected chi connectivity index (χ3v) is 3.27. The van der Waals surface area contributed by atoms with Gasteiger partial charge in [-0.2, -0.15) is 8.75 Å². The van der Waals surface area contributed by atoms with Gasteiger partial charge in [-0.25, -0.2) is 0 Å². The molecule has 3 nitrogen and oxygen atoms in total. The van der Waals surface area contributed by atoms with Gasteiger partial charge in [0, 0.05) is 10.7 Å². The van der Waals surface area contributed by atoms with Crippen LogP contribution in [0.2, 0.25) is 10.2 Å². The van der Waals surface area contributed by atoms with Crippen LogP contribution in [0.1, 0.15) is 5.56 Å². The molecule has 78 valence electrons. The summed E-state index contributed by atoms with van der Waals surface area (Å²) in [4.78, 5) is 0. The maximum absolute atomic E-state index is 5.99. The van der Waals surface area contributed by atoms with E-state index in [1.54, 1.807) is 0 Å². The molecule has 1 heterocycles. The lowest BCUT2D eigenvalue weighted by Gasteiger charge is -2.07. The van der Waals surface area contributed by atoms with Gasteiger partial charge in [-0.05, 0) is 24.6 Å². The van der Waals surface area contributed by atoms with Crippen molar-refractivity contribution in [1.82, 2.24) is 8.75 Å². The van der Waals surface area contributed by atoms with E-state index in [0.717, 1.165) is 23.0 Å². The van der Waals surface area contributed by atoms with Crippen LogP contribution < -0.4 is 5.32 Å². The third kappa shape index (κ3) is 2.22. The average Bonchev–Trinajstić information content (AvgIpc) is 2.60. The van der Waals surface area contributed by atoms with Crippen molar-refractivity contribution in [2.75, 3.05) is 5.32 Å². The molecule has 0 saturated carbocycles. The van der Waals surface area contributed by atoms with Gasteiger partial charge in [0.2, 0.25) is 0 Å². The van der Waals surface area contributed by atoms with E-state index in [9.17, 15) is 0 Å². The first-order valence-corrected chi connectivity index (χ1v) is 5.67. The van der Waals surface area contributed by atoms with Crippen LogP contribution in [0.3, 0.4) is 0 Å². The molecule has 0 amide bonds. The molecule has 0 spiro atoms. The molecule has 2 aromatic rings. The van der Waals surface area contributed by atoms with Crippen LogP contribution in [-0.2, 0) is 0 Å². The molecule has 0 fully saturated rings. The number of anilines is 2. The van der Waals surface area contributed by atoms with Gasteiger partial charge in [-0.15, -0.1) is 0 Å². The van der Waals surface area contributed by atoms with Gasteiger partial charge >= 0.3 is 0 Å². The second-order valence-corrected chi connectivity index (χ2v) is 4.23. The zero-order valence-electron chi connectivity index (χ0n) is 7.79. The normalized spacial score (nSPS) is 10.3. The molecule has 1 aromatic carbocycles. The summed E-state index contributed by atoms with van der Waals surface area (Å²) in [5, 5.41) is 4.16. The Morgan fingerprint density at radius 3 is 2.73 bits per heavy atom. The summed E-state index contributed by atoms with van der Waals surface area (Å²) in [5.41, 5.74) is 1.85. The second kappa shape index (κ2) is 4.35. The maximum Gasteiger partial charge on any atom is 0.187 e. The SMILES string of the molecule is Cc1c(Cl)cccc1Nc1nsnc1Cl. The van der Waals surface area contributed by atoms with Crippen molar-refractivity contribution in [2.24, 2.45) is 0 Å². The van der Waals surface area contributed by atoms with E-state index in [4.69, 9.17) is 23.2 Å². The first-order chi connectivity index (χ1) is 7.18. The molecule has 0 atom stereocenters. The van der Waals surface area contributed by atoms with E-state index >= 15 is 0 Å². The minimum absolute atomic E-state index is 0.374. The van der Waals surface area contributed by atoms with Gasteiger partial charge in [-0.3, -0.25) is 0 Å².